The fraction of sp³-hybridized carbons (Fsp3) is 0.357. The molecule has 1 nitrogen and oxygen atoms in total. The Morgan fingerprint density at radius 1 is 1.00 bits per heavy atom. The molecule has 0 amide bonds. The molecular formula is C14H17N. The van der Waals surface area contributed by atoms with Crippen LogP contribution < -0.4 is 0 Å². The Morgan fingerprint density at radius 3 is 2.47 bits per heavy atom. The fourth-order valence-electron chi connectivity index (χ4n) is 1.75. The molecule has 1 heteroatoms. The van der Waals surface area contributed by atoms with Crippen LogP contribution in [0.3, 0.4) is 0 Å². The van der Waals surface area contributed by atoms with Gasteiger partial charge in [-0.15, -0.1) is 0 Å². The van der Waals surface area contributed by atoms with E-state index in [0.29, 0.717) is 5.41 Å². The predicted octanol–water partition coefficient (Wildman–Crippen LogP) is 3.82. The minimum absolute atomic E-state index is 0.301. The van der Waals surface area contributed by atoms with Gasteiger partial charge in [-0.2, -0.15) is 0 Å². The number of hydrogen-bond donors (Lipinski definition) is 0. The largest absolute Gasteiger partial charge is 0.253 e. The Labute approximate surface area is 91.2 Å². The molecule has 0 aliphatic heterocycles. The van der Waals surface area contributed by atoms with E-state index >= 15 is 0 Å². The zero-order valence-corrected chi connectivity index (χ0v) is 9.62. The summed E-state index contributed by atoms with van der Waals surface area (Å²) in [5.41, 5.74) is 2.58. The van der Waals surface area contributed by atoms with Crippen molar-refractivity contribution in [3.63, 3.8) is 0 Å². The van der Waals surface area contributed by atoms with Crippen LogP contribution in [0.5, 0.6) is 0 Å². The summed E-state index contributed by atoms with van der Waals surface area (Å²) in [7, 11) is 0. The zero-order valence-electron chi connectivity index (χ0n) is 9.62. The minimum Gasteiger partial charge on any atom is -0.253 e. The Hall–Kier alpha value is -1.37. The summed E-state index contributed by atoms with van der Waals surface area (Å²) in [5, 5.41) is 1.22. The van der Waals surface area contributed by atoms with Gasteiger partial charge in [0.25, 0.3) is 0 Å². The van der Waals surface area contributed by atoms with Gasteiger partial charge in [-0.1, -0.05) is 45.0 Å². The van der Waals surface area contributed by atoms with Crippen LogP contribution in [0, 0.1) is 5.41 Å². The van der Waals surface area contributed by atoms with Crippen LogP contribution in [0.1, 0.15) is 26.5 Å². The molecule has 0 saturated carbocycles. The van der Waals surface area contributed by atoms with E-state index < -0.39 is 0 Å². The molecule has 0 N–H and O–H groups in total. The van der Waals surface area contributed by atoms with Gasteiger partial charge >= 0.3 is 0 Å². The molecule has 0 saturated heterocycles. The van der Waals surface area contributed by atoms with E-state index in [1.54, 1.807) is 0 Å². The third-order valence-electron chi connectivity index (χ3n) is 2.37. The summed E-state index contributed by atoms with van der Waals surface area (Å²) in [6.45, 7) is 6.72. The minimum atomic E-state index is 0.301. The molecule has 1 aromatic heterocycles. The highest BCUT2D eigenvalue weighted by Crippen LogP contribution is 2.21. The third kappa shape index (κ3) is 2.56. The van der Waals surface area contributed by atoms with Crippen LogP contribution in [0.4, 0.5) is 0 Å². The summed E-state index contributed by atoms with van der Waals surface area (Å²) < 4.78 is 0. The van der Waals surface area contributed by atoms with Crippen molar-refractivity contribution in [2.45, 2.75) is 27.2 Å². The van der Waals surface area contributed by atoms with Gasteiger partial charge in [0.15, 0.2) is 0 Å². The predicted molar refractivity (Wildman–Crippen MR) is 64.9 cm³/mol. The molecule has 15 heavy (non-hydrogen) atoms. The normalized spacial score (nSPS) is 11.9. The number of hydrogen-bond acceptors (Lipinski definition) is 1. The molecule has 1 heterocycles. The van der Waals surface area contributed by atoms with E-state index in [1.165, 1.54) is 11.1 Å². The molecule has 0 aliphatic carbocycles. The second-order valence-electron chi connectivity index (χ2n) is 5.23. The smallest absolute Gasteiger partial charge is 0.0705 e. The summed E-state index contributed by atoms with van der Waals surface area (Å²) in [5.74, 6) is 0. The van der Waals surface area contributed by atoms with Crippen molar-refractivity contribution in [3.05, 3.63) is 42.1 Å². The van der Waals surface area contributed by atoms with Gasteiger partial charge in [-0.25, -0.2) is 0 Å². The summed E-state index contributed by atoms with van der Waals surface area (Å²) in [4.78, 5) is 4.66. The molecule has 0 unspecified atom stereocenters. The van der Waals surface area contributed by atoms with Gasteiger partial charge in [0.2, 0.25) is 0 Å². The molecule has 0 spiro atoms. The second-order valence-corrected chi connectivity index (χ2v) is 5.23. The maximum atomic E-state index is 4.66. The molecule has 1 aromatic carbocycles. The van der Waals surface area contributed by atoms with Gasteiger partial charge in [-0.3, -0.25) is 4.98 Å². The second kappa shape index (κ2) is 3.65. The number of para-hydroxylation sites is 1. The molecule has 0 bridgehead atoms. The van der Waals surface area contributed by atoms with Crippen LogP contribution in [0.15, 0.2) is 36.4 Å². The van der Waals surface area contributed by atoms with E-state index in [0.717, 1.165) is 11.9 Å². The average Bonchev–Trinajstić information content (AvgIpc) is 2.15. The van der Waals surface area contributed by atoms with Crippen molar-refractivity contribution in [3.8, 4) is 0 Å². The van der Waals surface area contributed by atoms with Crippen LogP contribution in [-0.4, -0.2) is 4.98 Å². The Kier molecular flexibility index (Phi) is 2.47. The van der Waals surface area contributed by atoms with Crippen LogP contribution in [0.25, 0.3) is 10.9 Å². The molecule has 2 aromatic rings. The molecule has 0 radical (unpaired) electrons. The first-order valence-corrected chi connectivity index (χ1v) is 5.39. The summed E-state index contributed by atoms with van der Waals surface area (Å²) >= 11 is 0. The Morgan fingerprint density at radius 2 is 1.73 bits per heavy atom. The molecule has 78 valence electrons. The van der Waals surface area contributed by atoms with Crippen molar-refractivity contribution >= 4 is 10.9 Å². The van der Waals surface area contributed by atoms with Crippen LogP contribution in [-0.2, 0) is 6.42 Å². The first kappa shape index (κ1) is 10.2. The van der Waals surface area contributed by atoms with Crippen molar-refractivity contribution < 1.29 is 0 Å². The lowest BCUT2D eigenvalue weighted by molar-refractivity contribution is 0.407. The van der Waals surface area contributed by atoms with Crippen molar-refractivity contribution in [1.82, 2.24) is 4.98 Å². The number of fused-ring (bicyclic) bond motifs is 1. The van der Waals surface area contributed by atoms with Gasteiger partial charge in [0, 0.05) is 11.1 Å². The quantitative estimate of drug-likeness (QED) is 0.680. The highest BCUT2D eigenvalue weighted by atomic mass is 14.7. The molecule has 2 rings (SSSR count). The summed E-state index contributed by atoms with van der Waals surface area (Å²) in [6.07, 6.45) is 1.03. The first-order valence-electron chi connectivity index (χ1n) is 5.39. The van der Waals surface area contributed by atoms with Gasteiger partial charge in [0.05, 0.1) is 5.52 Å². The van der Waals surface area contributed by atoms with E-state index in [2.05, 4.69) is 50.0 Å². The van der Waals surface area contributed by atoms with E-state index in [4.69, 9.17) is 0 Å². The highest BCUT2D eigenvalue weighted by molar-refractivity contribution is 5.78. The van der Waals surface area contributed by atoms with Gasteiger partial charge < -0.3 is 0 Å². The molecule has 0 fully saturated rings. The number of rotatable bonds is 1. The Bertz CT molecular complexity index is 466. The maximum Gasteiger partial charge on any atom is 0.0705 e. The molecule has 0 aliphatic rings. The molecular weight excluding hydrogens is 182 g/mol. The topological polar surface area (TPSA) is 12.9 Å². The third-order valence-corrected chi connectivity index (χ3v) is 2.37. The highest BCUT2D eigenvalue weighted by Gasteiger charge is 2.12. The van der Waals surface area contributed by atoms with Crippen LogP contribution in [0.2, 0.25) is 0 Å². The van der Waals surface area contributed by atoms with E-state index in [9.17, 15) is 0 Å². The monoisotopic (exact) mass is 199 g/mol. The number of pyridine rings is 1. The van der Waals surface area contributed by atoms with Crippen LogP contribution >= 0.6 is 0 Å². The maximum absolute atomic E-state index is 4.66. The van der Waals surface area contributed by atoms with E-state index in [-0.39, 0.29) is 0 Å². The number of benzene rings is 1. The standard InChI is InChI=1S/C14H17N/c1-14(2,3)10-12-9-8-11-6-4-5-7-13(11)15-12/h4-9H,10H2,1-3H3. The SMILES string of the molecule is CC(C)(C)Cc1ccc2ccccc2n1. The van der Waals surface area contributed by atoms with Crippen molar-refractivity contribution in [2.24, 2.45) is 5.41 Å². The van der Waals surface area contributed by atoms with E-state index in [1.807, 2.05) is 12.1 Å². The van der Waals surface area contributed by atoms with Crippen molar-refractivity contribution in [2.75, 3.05) is 0 Å². The lowest BCUT2D eigenvalue weighted by Gasteiger charge is -2.17. The fourth-order valence-corrected chi connectivity index (χ4v) is 1.75. The first-order chi connectivity index (χ1) is 7.04. The summed E-state index contributed by atoms with van der Waals surface area (Å²) in [6, 6.07) is 12.5. The lowest BCUT2D eigenvalue weighted by Crippen LogP contribution is -2.10. The van der Waals surface area contributed by atoms with Gasteiger partial charge in [-0.05, 0) is 24.0 Å². The van der Waals surface area contributed by atoms with Gasteiger partial charge in [0.1, 0.15) is 0 Å². The molecule has 0 atom stereocenters. The van der Waals surface area contributed by atoms with Crippen molar-refractivity contribution in [1.29, 1.82) is 0 Å². The number of aromatic nitrogens is 1. The number of nitrogens with zero attached hydrogens (tertiary/aromatic N) is 1. The lowest BCUT2D eigenvalue weighted by atomic mass is 9.90. The zero-order chi connectivity index (χ0) is 10.9. The Balaban J connectivity index is 2.39. The average molecular weight is 199 g/mol.